The molecule has 0 aliphatic rings. The van der Waals surface area contributed by atoms with Crippen LogP contribution in [0.25, 0.3) is 0 Å². The molecular formula is C9H9IN2O2. The van der Waals surface area contributed by atoms with Crippen molar-refractivity contribution in [2.45, 2.75) is 0 Å². The van der Waals surface area contributed by atoms with Crippen LogP contribution in [0.1, 0.15) is 10.4 Å². The van der Waals surface area contributed by atoms with E-state index in [1.807, 2.05) is 22.6 Å². The number of hydrogen-bond acceptors (Lipinski definition) is 2. The van der Waals surface area contributed by atoms with E-state index in [2.05, 4.69) is 5.32 Å². The van der Waals surface area contributed by atoms with Gasteiger partial charge in [0.25, 0.3) is 5.91 Å². The van der Waals surface area contributed by atoms with E-state index in [1.54, 1.807) is 24.3 Å². The SMILES string of the molecule is NC(=O)c1ccccc1NC(=O)CI. The number of hydrogen-bond donors (Lipinski definition) is 2. The normalized spacial score (nSPS) is 9.50. The fourth-order valence-electron chi connectivity index (χ4n) is 0.991. The van der Waals surface area contributed by atoms with Crippen LogP contribution in [0, 0.1) is 0 Å². The molecule has 0 heterocycles. The topological polar surface area (TPSA) is 72.2 Å². The van der Waals surface area contributed by atoms with Gasteiger partial charge in [0.1, 0.15) is 0 Å². The van der Waals surface area contributed by atoms with Gasteiger partial charge in [0.05, 0.1) is 15.7 Å². The third-order valence-corrected chi connectivity index (χ3v) is 2.28. The minimum atomic E-state index is -0.547. The van der Waals surface area contributed by atoms with Crippen molar-refractivity contribution in [2.75, 3.05) is 9.74 Å². The highest BCUT2D eigenvalue weighted by molar-refractivity contribution is 14.1. The van der Waals surface area contributed by atoms with Gasteiger partial charge in [-0.05, 0) is 12.1 Å². The zero-order valence-corrected chi connectivity index (χ0v) is 9.45. The third-order valence-electron chi connectivity index (χ3n) is 1.59. The Kier molecular flexibility index (Phi) is 3.87. The van der Waals surface area contributed by atoms with E-state index < -0.39 is 5.91 Å². The van der Waals surface area contributed by atoms with Gasteiger partial charge in [-0.2, -0.15) is 0 Å². The van der Waals surface area contributed by atoms with Gasteiger partial charge in [-0.15, -0.1) is 0 Å². The number of nitrogens with two attached hydrogens (primary N) is 1. The summed E-state index contributed by atoms with van der Waals surface area (Å²) < 4.78 is 0.338. The van der Waals surface area contributed by atoms with E-state index in [0.717, 1.165) is 0 Å². The van der Waals surface area contributed by atoms with E-state index in [4.69, 9.17) is 5.73 Å². The molecule has 14 heavy (non-hydrogen) atoms. The molecule has 0 fully saturated rings. The number of para-hydroxylation sites is 1. The molecule has 0 bridgehead atoms. The fourth-order valence-corrected chi connectivity index (χ4v) is 1.18. The van der Waals surface area contributed by atoms with Crippen LogP contribution in [0.3, 0.4) is 0 Å². The predicted molar refractivity (Wildman–Crippen MR) is 62.5 cm³/mol. The largest absolute Gasteiger partial charge is 0.366 e. The van der Waals surface area contributed by atoms with Crippen molar-refractivity contribution in [3.05, 3.63) is 29.8 Å². The lowest BCUT2D eigenvalue weighted by Gasteiger charge is -2.06. The van der Waals surface area contributed by atoms with Gasteiger partial charge < -0.3 is 11.1 Å². The van der Waals surface area contributed by atoms with Crippen molar-refractivity contribution in [1.29, 1.82) is 0 Å². The molecule has 0 radical (unpaired) electrons. The van der Waals surface area contributed by atoms with Crippen molar-refractivity contribution in [2.24, 2.45) is 5.73 Å². The molecule has 4 nitrogen and oxygen atoms in total. The second-order valence-electron chi connectivity index (χ2n) is 2.59. The molecule has 0 saturated heterocycles. The Morgan fingerprint density at radius 2 is 2.00 bits per heavy atom. The Labute approximate surface area is 95.0 Å². The molecule has 0 atom stereocenters. The average molecular weight is 304 g/mol. The van der Waals surface area contributed by atoms with Gasteiger partial charge in [-0.25, -0.2) is 0 Å². The summed E-state index contributed by atoms with van der Waals surface area (Å²) in [5, 5.41) is 2.59. The Hall–Kier alpha value is -1.11. The molecule has 3 N–H and O–H groups in total. The minimum Gasteiger partial charge on any atom is -0.366 e. The molecular weight excluding hydrogens is 295 g/mol. The van der Waals surface area contributed by atoms with Crippen molar-refractivity contribution in [3.8, 4) is 0 Å². The number of carbonyl (C=O) groups excluding carboxylic acids is 2. The maximum atomic E-state index is 11.1. The highest BCUT2D eigenvalue weighted by atomic mass is 127. The number of rotatable bonds is 3. The van der Waals surface area contributed by atoms with Crippen molar-refractivity contribution in [1.82, 2.24) is 0 Å². The molecule has 1 aromatic rings. The Bertz CT molecular complexity index is 366. The average Bonchev–Trinajstić information content (AvgIpc) is 2.18. The number of anilines is 1. The first-order valence-electron chi connectivity index (χ1n) is 3.90. The van der Waals surface area contributed by atoms with E-state index in [1.165, 1.54) is 0 Å². The van der Waals surface area contributed by atoms with Crippen molar-refractivity contribution < 1.29 is 9.59 Å². The molecule has 1 rings (SSSR count). The lowest BCUT2D eigenvalue weighted by molar-refractivity contribution is -0.113. The number of halogens is 1. The number of benzene rings is 1. The van der Waals surface area contributed by atoms with Gasteiger partial charge in [0.2, 0.25) is 5.91 Å². The Morgan fingerprint density at radius 3 is 2.57 bits per heavy atom. The van der Waals surface area contributed by atoms with Crippen LogP contribution in [-0.2, 0) is 4.79 Å². The van der Waals surface area contributed by atoms with E-state index in [0.29, 0.717) is 15.7 Å². The Morgan fingerprint density at radius 1 is 1.36 bits per heavy atom. The van der Waals surface area contributed by atoms with E-state index in [-0.39, 0.29) is 5.91 Å². The minimum absolute atomic E-state index is 0.153. The number of primary amides is 1. The Balaban J connectivity index is 2.95. The number of carbonyl (C=O) groups is 2. The van der Waals surface area contributed by atoms with Gasteiger partial charge in [-0.1, -0.05) is 34.7 Å². The van der Waals surface area contributed by atoms with Gasteiger partial charge in [0.15, 0.2) is 0 Å². The highest BCUT2D eigenvalue weighted by Crippen LogP contribution is 2.14. The zero-order chi connectivity index (χ0) is 10.6. The maximum Gasteiger partial charge on any atom is 0.250 e. The van der Waals surface area contributed by atoms with Crippen LogP contribution >= 0.6 is 22.6 Å². The number of amides is 2. The standard InChI is InChI=1S/C9H9IN2O2/c10-5-8(13)12-7-4-2-1-3-6(7)9(11)14/h1-4H,5H2,(H2,11,14)(H,12,13). The molecule has 2 amide bonds. The first-order chi connectivity index (χ1) is 6.65. The first kappa shape index (κ1) is 11.0. The van der Waals surface area contributed by atoms with Crippen LogP contribution in [0.15, 0.2) is 24.3 Å². The smallest absolute Gasteiger partial charge is 0.250 e. The summed E-state index contributed by atoms with van der Waals surface area (Å²) in [6.45, 7) is 0. The summed E-state index contributed by atoms with van der Waals surface area (Å²) >= 11 is 1.94. The molecule has 0 unspecified atom stereocenters. The van der Waals surface area contributed by atoms with Gasteiger partial charge in [0, 0.05) is 0 Å². The van der Waals surface area contributed by atoms with Crippen LogP contribution in [0.2, 0.25) is 0 Å². The van der Waals surface area contributed by atoms with Crippen molar-refractivity contribution >= 4 is 40.1 Å². The molecule has 0 aliphatic carbocycles. The fraction of sp³-hybridized carbons (Fsp3) is 0.111. The molecule has 1 aromatic carbocycles. The molecule has 5 heteroatoms. The van der Waals surface area contributed by atoms with Gasteiger partial charge in [-0.3, -0.25) is 9.59 Å². The first-order valence-corrected chi connectivity index (χ1v) is 5.42. The number of alkyl halides is 1. The molecule has 0 spiro atoms. The van der Waals surface area contributed by atoms with Crippen LogP contribution < -0.4 is 11.1 Å². The van der Waals surface area contributed by atoms with E-state index in [9.17, 15) is 9.59 Å². The summed E-state index contributed by atoms with van der Waals surface area (Å²) in [5.41, 5.74) is 5.92. The summed E-state index contributed by atoms with van der Waals surface area (Å²) in [6.07, 6.45) is 0. The molecule has 0 aliphatic heterocycles. The van der Waals surface area contributed by atoms with Crippen molar-refractivity contribution in [3.63, 3.8) is 0 Å². The summed E-state index contributed by atoms with van der Waals surface area (Å²) in [4.78, 5) is 22.0. The summed E-state index contributed by atoms with van der Waals surface area (Å²) in [6, 6.07) is 6.64. The number of nitrogens with one attached hydrogen (secondary N) is 1. The second-order valence-corrected chi connectivity index (χ2v) is 3.35. The van der Waals surface area contributed by atoms with Crippen LogP contribution in [0.4, 0.5) is 5.69 Å². The summed E-state index contributed by atoms with van der Waals surface area (Å²) in [5.74, 6) is -0.700. The van der Waals surface area contributed by atoms with Crippen LogP contribution in [-0.4, -0.2) is 16.2 Å². The monoisotopic (exact) mass is 304 g/mol. The third kappa shape index (κ3) is 2.69. The lowest BCUT2D eigenvalue weighted by atomic mass is 10.1. The molecule has 74 valence electrons. The second kappa shape index (κ2) is 4.94. The predicted octanol–water partition coefficient (Wildman–Crippen LogP) is 1.16. The highest BCUT2D eigenvalue weighted by Gasteiger charge is 2.08. The lowest BCUT2D eigenvalue weighted by Crippen LogP contribution is -2.18. The van der Waals surface area contributed by atoms with Crippen LogP contribution in [0.5, 0.6) is 0 Å². The van der Waals surface area contributed by atoms with Gasteiger partial charge >= 0.3 is 0 Å². The maximum absolute atomic E-state index is 11.1. The zero-order valence-electron chi connectivity index (χ0n) is 7.29. The summed E-state index contributed by atoms with van der Waals surface area (Å²) in [7, 11) is 0. The van der Waals surface area contributed by atoms with E-state index >= 15 is 0 Å². The quantitative estimate of drug-likeness (QED) is 0.650. The molecule has 0 aromatic heterocycles. The molecule has 0 saturated carbocycles.